The van der Waals surface area contributed by atoms with Gasteiger partial charge in [-0.2, -0.15) is 0 Å². The van der Waals surface area contributed by atoms with Crippen molar-refractivity contribution in [1.82, 2.24) is 25.4 Å². The molecule has 6 nitrogen and oxygen atoms in total. The molecule has 1 atom stereocenters. The normalized spacial score (nSPS) is 17.7. The van der Waals surface area contributed by atoms with Gasteiger partial charge in [0.1, 0.15) is 17.3 Å². The van der Waals surface area contributed by atoms with E-state index in [0.29, 0.717) is 11.5 Å². The van der Waals surface area contributed by atoms with Crippen LogP contribution in [0.15, 0.2) is 24.3 Å². The second-order valence-corrected chi connectivity index (χ2v) is 5.97. The third-order valence-corrected chi connectivity index (χ3v) is 3.83. The van der Waals surface area contributed by atoms with Crippen LogP contribution in [0.3, 0.4) is 0 Å². The van der Waals surface area contributed by atoms with Crippen LogP contribution >= 0.6 is 0 Å². The van der Waals surface area contributed by atoms with Crippen LogP contribution in [0.5, 0.6) is 0 Å². The van der Waals surface area contributed by atoms with E-state index >= 15 is 0 Å². The summed E-state index contributed by atoms with van der Waals surface area (Å²) in [6.45, 7) is 5.50. The zero-order valence-electron chi connectivity index (χ0n) is 13.2. The number of para-hydroxylation sites is 1. The summed E-state index contributed by atoms with van der Waals surface area (Å²) < 4.78 is 15.5. The molecule has 0 radical (unpaired) electrons. The number of hydrogen-bond acceptors (Lipinski definition) is 4. The first-order valence-electron chi connectivity index (χ1n) is 7.79. The molecule has 0 bridgehead atoms. The topological polar surface area (TPSA) is 71.8 Å². The Morgan fingerprint density at radius 3 is 2.87 bits per heavy atom. The summed E-state index contributed by atoms with van der Waals surface area (Å²) in [7, 11) is 0. The zero-order valence-corrected chi connectivity index (χ0v) is 13.2. The molecule has 2 N–H and O–H groups in total. The summed E-state index contributed by atoms with van der Waals surface area (Å²) in [4.78, 5) is 16.7. The number of nitrogens with one attached hydrogen (secondary N) is 2. The average molecular weight is 317 g/mol. The molecule has 1 aromatic heterocycles. The maximum atomic E-state index is 14.1. The molecule has 122 valence electrons. The van der Waals surface area contributed by atoms with Crippen LogP contribution < -0.4 is 10.6 Å². The van der Waals surface area contributed by atoms with E-state index in [9.17, 15) is 9.18 Å². The SMILES string of the molecule is CC(C)c1nc(C(=O)NC2CCNC2)nn1-c1ccccc1F. The standard InChI is InChI=1S/C16H20FN5O/c1-10(2)15-20-14(16(23)19-11-7-8-18-9-11)21-22(15)13-6-4-3-5-12(13)17/h3-6,10-11,18H,7-9H2,1-2H3,(H,19,23). The van der Waals surface area contributed by atoms with E-state index in [0.717, 1.165) is 19.5 Å². The highest BCUT2D eigenvalue weighted by Crippen LogP contribution is 2.19. The van der Waals surface area contributed by atoms with Gasteiger partial charge in [-0.3, -0.25) is 4.79 Å². The third-order valence-electron chi connectivity index (χ3n) is 3.83. The van der Waals surface area contributed by atoms with Gasteiger partial charge in [0.25, 0.3) is 5.91 Å². The van der Waals surface area contributed by atoms with Gasteiger partial charge in [-0.25, -0.2) is 14.1 Å². The highest BCUT2D eigenvalue weighted by atomic mass is 19.1. The monoisotopic (exact) mass is 317 g/mol. The molecule has 1 aromatic carbocycles. The Kier molecular flexibility index (Phi) is 4.38. The summed E-state index contributed by atoms with van der Waals surface area (Å²) >= 11 is 0. The molecule has 1 aliphatic heterocycles. The average Bonchev–Trinajstić information content (AvgIpc) is 3.16. The number of benzene rings is 1. The first-order chi connectivity index (χ1) is 11.1. The van der Waals surface area contributed by atoms with Crippen molar-refractivity contribution >= 4 is 5.91 Å². The molecule has 2 heterocycles. The largest absolute Gasteiger partial charge is 0.345 e. The summed E-state index contributed by atoms with van der Waals surface area (Å²) in [5, 5.41) is 10.3. The fourth-order valence-corrected chi connectivity index (χ4v) is 2.62. The van der Waals surface area contributed by atoms with Gasteiger partial charge in [0.2, 0.25) is 5.82 Å². The van der Waals surface area contributed by atoms with E-state index in [1.807, 2.05) is 13.8 Å². The van der Waals surface area contributed by atoms with Crippen molar-refractivity contribution < 1.29 is 9.18 Å². The Bertz CT molecular complexity index is 706. The number of aromatic nitrogens is 3. The Labute approximate surface area is 134 Å². The van der Waals surface area contributed by atoms with E-state index in [-0.39, 0.29) is 23.7 Å². The predicted molar refractivity (Wildman–Crippen MR) is 84.1 cm³/mol. The van der Waals surface area contributed by atoms with Gasteiger partial charge in [0, 0.05) is 18.5 Å². The Hall–Kier alpha value is -2.28. The van der Waals surface area contributed by atoms with Crippen molar-refractivity contribution in [2.45, 2.75) is 32.2 Å². The molecule has 1 fully saturated rings. The zero-order chi connectivity index (χ0) is 16.4. The maximum absolute atomic E-state index is 14.1. The fraction of sp³-hybridized carbons (Fsp3) is 0.438. The van der Waals surface area contributed by atoms with Gasteiger partial charge in [-0.1, -0.05) is 26.0 Å². The van der Waals surface area contributed by atoms with Crippen molar-refractivity contribution in [1.29, 1.82) is 0 Å². The highest BCUT2D eigenvalue weighted by molar-refractivity contribution is 5.90. The van der Waals surface area contributed by atoms with E-state index < -0.39 is 5.82 Å². The number of rotatable bonds is 4. The number of amides is 1. The van der Waals surface area contributed by atoms with Crippen LogP contribution in [0, 0.1) is 5.82 Å². The second-order valence-electron chi connectivity index (χ2n) is 5.97. The van der Waals surface area contributed by atoms with Gasteiger partial charge < -0.3 is 10.6 Å². The lowest BCUT2D eigenvalue weighted by molar-refractivity contribution is 0.0929. The lowest BCUT2D eigenvalue weighted by atomic mass is 10.2. The molecular formula is C16H20FN5O. The summed E-state index contributed by atoms with van der Waals surface area (Å²) in [6.07, 6.45) is 0.886. The first kappa shape index (κ1) is 15.6. The van der Waals surface area contributed by atoms with E-state index in [1.54, 1.807) is 18.2 Å². The molecule has 1 unspecified atom stereocenters. The lowest BCUT2D eigenvalue weighted by Crippen LogP contribution is -2.36. The van der Waals surface area contributed by atoms with Crippen molar-refractivity contribution in [3.8, 4) is 5.69 Å². The predicted octanol–water partition coefficient (Wildman–Crippen LogP) is 1.62. The summed E-state index contributed by atoms with van der Waals surface area (Å²) in [5.74, 6) is -0.0765. The number of halogens is 1. The number of carbonyl (C=O) groups excluding carboxylic acids is 1. The molecular weight excluding hydrogens is 297 g/mol. The maximum Gasteiger partial charge on any atom is 0.291 e. The van der Waals surface area contributed by atoms with E-state index in [1.165, 1.54) is 10.7 Å². The number of nitrogens with zero attached hydrogens (tertiary/aromatic N) is 3. The summed E-state index contributed by atoms with van der Waals surface area (Å²) in [6, 6.07) is 6.42. The van der Waals surface area contributed by atoms with Gasteiger partial charge in [-0.15, -0.1) is 5.10 Å². The van der Waals surface area contributed by atoms with Gasteiger partial charge in [0.15, 0.2) is 0 Å². The third kappa shape index (κ3) is 3.24. The van der Waals surface area contributed by atoms with Crippen molar-refractivity contribution in [2.24, 2.45) is 0 Å². The quantitative estimate of drug-likeness (QED) is 0.899. The van der Waals surface area contributed by atoms with Crippen molar-refractivity contribution in [2.75, 3.05) is 13.1 Å². The minimum Gasteiger partial charge on any atom is -0.345 e. The van der Waals surface area contributed by atoms with E-state index in [4.69, 9.17) is 0 Å². The Morgan fingerprint density at radius 1 is 1.43 bits per heavy atom. The molecule has 0 saturated carbocycles. The van der Waals surface area contributed by atoms with Crippen LogP contribution in [0.1, 0.15) is 42.6 Å². The lowest BCUT2D eigenvalue weighted by Gasteiger charge is -2.08. The summed E-state index contributed by atoms with van der Waals surface area (Å²) in [5.41, 5.74) is 0.297. The molecule has 23 heavy (non-hydrogen) atoms. The molecule has 0 spiro atoms. The van der Waals surface area contributed by atoms with Crippen LogP contribution in [-0.2, 0) is 0 Å². The smallest absolute Gasteiger partial charge is 0.291 e. The molecule has 1 saturated heterocycles. The molecule has 7 heteroatoms. The van der Waals surface area contributed by atoms with Crippen LogP contribution in [-0.4, -0.2) is 39.8 Å². The van der Waals surface area contributed by atoms with Gasteiger partial charge in [0.05, 0.1) is 0 Å². The van der Waals surface area contributed by atoms with Crippen molar-refractivity contribution in [3.05, 3.63) is 41.7 Å². The molecule has 1 aliphatic rings. The number of carbonyl (C=O) groups is 1. The first-order valence-corrected chi connectivity index (χ1v) is 7.79. The molecule has 2 aromatic rings. The number of hydrogen-bond donors (Lipinski definition) is 2. The molecule has 3 rings (SSSR count). The molecule has 1 amide bonds. The van der Waals surface area contributed by atoms with E-state index in [2.05, 4.69) is 20.7 Å². The Morgan fingerprint density at radius 2 is 2.22 bits per heavy atom. The Balaban J connectivity index is 1.92. The van der Waals surface area contributed by atoms with Gasteiger partial charge in [-0.05, 0) is 25.1 Å². The second kappa shape index (κ2) is 6.45. The fourth-order valence-electron chi connectivity index (χ4n) is 2.62. The minimum atomic E-state index is -0.397. The highest BCUT2D eigenvalue weighted by Gasteiger charge is 2.23. The van der Waals surface area contributed by atoms with Crippen LogP contribution in [0.4, 0.5) is 4.39 Å². The molecule has 0 aliphatic carbocycles. The van der Waals surface area contributed by atoms with Gasteiger partial charge >= 0.3 is 0 Å². The minimum absolute atomic E-state index is 0.0109. The van der Waals surface area contributed by atoms with Crippen molar-refractivity contribution in [3.63, 3.8) is 0 Å². The van der Waals surface area contributed by atoms with Crippen LogP contribution in [0.2, 0.25) is 0 Å². The van der Waals surface area contributed by atoms with Crippen LogP contribution in [0.25, 0.3) is 5.69 Å².